The Bertz CT molecular complexity index is 546. The molecule has 0 radical (unpaired) electrons. The largest absolute Gasteiger partial charge is 0.217 e. The first-order valence-electron chi connectivity index (χ1n) is 5.13. The van der Waals surface area contributed by atoms with Gasteiger partial charge >= 0.3 is 0 Å². The van der Waals surface area contributed by atoms with Gasteiger partial charge in [-0.05, 0) is 28.4 Å². The zero-order chi connectivity index (χ0) is 13.0. The number of hydrogen-bond acceptors (Lipinski definition) is 5. The number of aromatic nitrogens is 1. The molecule has 94 valence electrons. The lowest BCUT2D eigenvalue weighted by molar-refractivity contribution is 1.36. The highest BCUT2D eigenvalue weighted by atomic mass is 79.9. The molecule has 2 nitrogen and oxygen atoms in total. The average Bonchev–Trinajstić information content (AvgIpc) is 2.78. The van der Waals surface area contributed by atoms with Gasteiger partial charge in [0, 0.05) is 5.56 Å². The van der Waals surface area contributed by atoms with E-state index in [1.807, 2.05) is 30.7 Å². The van der Waals surface area contributed by atoms with Crippen molar-refractivity contribution in [3.05, 3.63) is 34.1 Å². The van der Waals surface area contributed by atoms with Crippen LogP contribution in [0.5, 0.6) is 0 Å². The van der Waals surface area contributed by atoms with Gasteiger partial charge in [0.1, 0.15) is 4.38 Å². The fourth-order valence-electron chi connectivity index (χ4n) is 1.37. The average molecular weight is 359 g/mol. The summed E-state index contributed by atoms with van der Waals surface area (Å²) in [7, 11) is 0. The van der Waals surface area contributed by atoms with Crippen LogP contribution in [0.15, 0.2) is 39.1 Å². The fraction of sp³-hybridized carbons (Fsp3) is 0.167. The van der Waals surface area contributed by atoms with Crippen molar-refractivity contribution in [2.24, 2.45) is 4.99 Å². The van der Waals surface area contributed by atoms with Crippen LogP contribution in [0.4, 0.5) is 5.13 Å². The summed E-state index contributed by atoms with van der Waals surface area (Å²) >= 11 is 8.40. The maximum absolute atomic E-state index is 4.57. The van der Waals surface area contributed by atoms with E-state index in [2.05, 4.69) is 38.0 Å². The second-order valence-corrected chi connectivity index (χ2v) is 7.41. The lowest BCUT2D eigenvalue weighted by atomic mass is 10.2. The Kier molecular flexibility index (Phi) is 5.29. The fourth-order valence-corrected chi connectivity index (χ4v) is 3.95. The van der Waals surface area contributed by atoms with E-state index >= 15 is 0 Å². The first-order chi connectivity index (χ1) is 8.74. The third-order valence-electron chi connectivity index (χ3n) is 2.16. The number of thiazole rings is 1. The maximum atomic E-state index is 4.57. The number of rotatable bonds is 2. The van der Waals surface area contributed by atoms with E-state index < -0.39 is 0 Å². The van der Waals surface area contributed by atoms with Crippen LogP contribution in [0.3, 0.4) is 0 Å². The van der Waals surface area contributed by atoms with Crippen molar-refractivity contribution in [2.75, 3.05) is 12.5 Å². The van der Waals surface area contributed by atoms with Crippen LogP contribution in [0.25, 0.3) is 11.3 Å². The Hall–Kier alpha value is -0.300. The first kappa shape index (κ1) is 14.1. The topological polar surface area (TPSA) is 25.2 Å². The molecule has 1 heterocycles. The predicted molar refractivity (Wildman–Crippen MR) is 89.4 cm³/mol. The smallest absolute Gasteiger partial charge is 0.212 e. The Morgan fingerprint density at radius 3 is 2.50 bits per heavy atom. The van der Waals surface area contributed by atoms with E-state index in [0.29, 0.717) is 0 Å². The molecule has 0 atom stereocenters. The van der Waals surface area contributed by atoms with Crippen LogP contribution in [0, 0.1) is 0 Å². The minimum Gasteiger partial charge on any atom is -0.217 e. The Balaban J connectivity index is 2.36. The number of nitrogens with zero attached hydrogens (tertiary/aromatic N) is 2. The van der Waals surface area contributed by atoms with Gasteiger partial charge in [0.2, 0.25) is 5.13 Å². The molecular formula is C12H11BrN2S3. The van der Waals surface area contributed by atoms with E-state index in [4.69, 9.17) is 0 Å². The van der Waals surface area contributed by atoms with Crippen LogP contribution in [-0.2, 0) is 0 Å². The van der Waals surface area contributed by atoms with Gasteiger partial charge in [-0.15, -0.1) is 23.5 Å². The number of thioether (sulfide) groups is 2. The molecule has 0 N–H and O–H groups in total. The molecule has 1 aromatic heterocycles. The molecule has 0 saturated heterocycles. The van der Waals surface area contributed by atoms with Crippen molar-refractivity contribution >= 4 is 60.3 Å². The van der Waals surface area contributed by atoms with Crippen LogP contribution < -0.4 is 0 Å². The highest BCUT2D eigenvalue weighted by Gasteiger charge is 2.10. The quantitative estimate of drug-likeness (QED) is 0.538. The van der Waals surface area contributed by atoms with Gasteiger partial charge in [0.05, 0.1) is 9.48 Å². The third kappa shape index (κ3) is 3.38. The Morgan fingerprint density at radius 1 is 1.22 bits per heavy atom. The summed E-state index contributed by atoms with van der Waals surface area (Å²) in [6.07, 6.45) is 4.05. The normalized spacial score (nSPS) is 10.4. The SMILES string of the molecule is CSC(=Nc1nc(-c2ccccc2)c(Br)s1)SC. The summed E-state index contributed by atoms with van der Waals surface area (Å²) < 4.78 is 2.05. The van der Waals surface area contributed by atoms with Gasteiger partial charge in [-0.3, -0.25) is 0 Å². The maximum Gasteiger partial charge on any atom is 0.212 e. The van der Waals surface area contributed by atoms with E-state index in [0.717, 1.165) is 24.6 Å². The van der Waals surface area contributed by atoms with Crippen LogP contribution in [-0.4, -0.2) is 21.9 Å². The monoisotopic (exact) mass is 358 g/mol. The molecule has 0 aliphatic carbocycles. The lowest BCUT2D eigenvalue weighted by Gasteiger charge is -1.96. The molecule has 0 fully saturated rings. The zero-order valence-electron chi connectivity index (χ0n) is 9.88. The molecule has 0 aliphatic heterocycles. The molecule has 0 saturated carbocycles. The highest BCUT2D eigenvalue weighted by Crippen LogP contribution is 2.37. The summed E-state index contributed by atoms with van der Waals surface area (Å²) in [5, 5.41) is 0.791. The molecule has 2 rings (SSSR count). The van der Waals surface area contributed by atoms with E-state index in [-0.39, 0.29) is 0 Å². The molecule has 0 unspecified atom stereocenters. The van der Waals surface area contributed by atoms with Crippen LogP contribution >= 0.6 is 50.8 Å². The van der Waals surface area contributed by atoms with Gasteiger partial charge in [-0.1, -0.05) is 41.7 Å². The summed E-state index contributed by atoms with van der Waals surface area (Å²) in [4.78, 5) is 9.10. The minimum atomic E-state index is 0.791. The molecule has 6 heteroatoms. The van der Waals surface area contributed by atoms with Gasteiger partial charge < -0.3 is 0 Å². The molecule has 18 heavy (non-hydrogen) atoms. The Labute approximate surface area is 127 Å². The van der Waals surface area contributed by atoms with Gasteiger partial charge in [-0.25, -0.2) is 9.98 Å². The van der Waals surface area contributed by atoms with E-state index in [1.54, 1.807) is 34.9 Å². The summed E-state index contributed by atoms with van der Waals surface area (Å²) in [6, 6.07) is 10.1. The van der Waals surface area contributed by atoms with Crippen molar-refractivity contribution in [3.63, 3.8) is 0 Å². The molecule has 1 aromatic carbocycles. The van der Waals surface area contributed by atoms with Crippen molar-refractivity contribution in [2.45, 2.75) is 0 Å². The number of aliphatic imine (C=N–C) groups is 1. The Morgan fingerprint density at radius 2 is 1.89 bits per heavy atom. The second-order valence-electron chi connectivity index (χ2n) is 3.27. The molecular weight excluding hydrogens is 348 g/mol. The molecule has 0 spiro atoms. The molecule has 0 amide bonds. The summed E-state index contributed by atoms with van der Waals surface area (Å²) in [6.45, 7) is 0. The summed E-state index contributed by atoms with van der Waals surface area (Å²) in [5.74, 6) is 0. The number of halogens is 1. The highest BCUT2D eigenvalue weighted by molar-refractivity contribution is 9.11. The first-order valence-corrected chi connectivity index (χ1v) is 9.19. The zero-order valence-corrected chi connectivity index (χ0v) is 13.9. The molecule has 2 aromatic rings. The van der Waals surface area contributed by atoms with Gasteiger partial charge in [-0.2, -0.15) is 0 Å². The van der Waals surface area contributed by atoms with E-state index in [9.17, 15) is 0 Å². The lowest BCUT2D eigenvalue weighted by Crippen LogP contribution is -1.81. The van der Waals surface area contributed by atoms with Crippen LogP contribution in [0.1, 0.15) is 0 Å². The minimum absolute atomic E-state index is 0.791. The van der Waals surface area contributed by atoms with Crippen molar-refractivity contribution < 1.29 is 0 Å². The van der Waals surface area contributed by atoms with Crippen molar-refractivity contribution in [1.82, 2.24) is 4.98 Å². The van der Waals surface area contributed by atoms with E-state index in [1.165, 1.54) is 0 Å². The molecule has 0 aliphatic rings. The van der Waals surface area contributed by atoms with Crippen molar-refractivity contribution in [1.29, 1.82) is 0 Å². The van der Waals surface area contributed by atoms with Crippen molar-refractivity contribution in [3.8, 4) is 11.3 Å². The number of hydrogen-bond donors (Lipinski definition) is 0. The number of benzene rings is 1. The molecule has 0 bridgehead atoms. The second kappa shape index (κ2) is 6.75. The predicted octanol–water partition coefficient (Wildman–Crippen LogP) is 5.29. The van der Waals surface area contributed by atoms with Gasteiger partial charge in [0.15, 0.2) is 0 Å². The third-order valence-corrected chi connectivity index (χ3v) is 5.64. The standard InChI is InChI=1S/C12H11BrN2S3/c1-16-12(17-2)15-11-14-9(10(13)18-11)8-6-4-3-5-7-8/h3-7H,1-2H3. The van der Waals surface area contributed by atoms with Gasteiger partial charge in [0.25, 0.3) is 0 Å². The summed E-state index contributed by atoms with van der Waals surface area (Å²) in [5.41, 5.74) is 2.07. The van der Waals surface area contributed by atoms with Crippen LogP contribution in [0.2, 0.25) is 0 Å².